The number of carbonyl (C=O) groups excluding carboxylic acids is 2. The van der Waals surface area contributed by atoms with Crippen molar-refractivity contribution < 1.29 is 33.5 Å². The zero-order valence-electron chi connectivity index (χ0n) is 16.6. The van der Waals surface area contributed by atoms with E-state index in [0.29, 0.717) is 5.75 Å². The molecule has 0 spiro atoms. The minimum atomic E-state index is -1.05. The summed E-state index contributed by atoms with van der Waals surface area (Å²) in [5, 5.41) is 13.6. The van der Waals surface area contributed by atoms with E-state index in [2.05, 4.69) is 10.1 Å². The number of hydrogen-bond donors (Lipinski definition) is 1. The first kappa shape index (κ1) is 22.2. The molecular weight excluding hydrogens is 402 g/mol. The number of esters is 1. The smallest absolute Gasteiger partial charge is 0.339 e. The molecule has 0 aliphatic rings. The van der Waals surface area contributed by atoms with E-state index >= 15 is 0 Å². The van der Waals surface area contributed by atoms with E-state index in [4.69, 9.17) is 14.2 Å². The van der Waals surface area contributed by atoms with Crippen LogP contribution < -0.4 is 25.1 Å². The zero-order valence-corrected chi connectivity index (χ0v) is 16.6. The van der Waals surface area contributed by atoms with E-state index in [1.807, 2.05) is 0 Å². The summed E-state index contributed by atoms with van der Waals surface area (Å²) in [4.78, 5) is 46.6. The highest BCUT2D eigenvalue weighted by atomic mass is 16.6. The molecule has 0 atom stereocenters. The number of rotatable bonds is 8. The molecule has 30 heavy (non-hydrogen) atoms. The molecule has 0 bridgehead atoms. The lowest BCUT2D eigenvalue weighted by atomic mass is 10.2. The summed E-state index contributed by atoms with van der Waals surface area (Å²) < 4.78 is 20.9. The van der Waals surface area contributed by atoms with E-state index in [9.17, 15) is 24.5 Å². The fourth-order valence-electron chi connectivity index (χ4n) is 2.61. The molecule has 2 aromatic rings. The molecular formula is C18H19N3O9. The van der Waals surface area contributed by atoms with Crippen molar-refractivity contribution in [2.45, 2.75) is 6.54 Å². The molecule has 0 saturated heterocycles. The molecule has 0 aliphatic heterocycles. The Balaban J connectivity index is 2.37. The molecule has 1 N–H and O–H groups in total. The normalized spacial score (nSPS) is 10.1. The summed E-state index contributed by atoms with van der Waals surface area (Å²) in [6.45, 7) is -0.596. The predicted molar refractivity (Wildman–Crippen MR) is 103 cm³/mol. The van der Waals surface area contributed by atoms with Gasteiger partial charge in [0.15, 0.2) is 11.5 Å². The Kier molecular flexibility index (Phi) is 6.96. The van der Waals surface area contributed by atoms with Crippen molar-refractivity contribution in [3.8, 4) is 17.2 Å². The highest BCUT2D eigenvalue weighted by Crippen LogP contribution is 2.39. The molecule has 0 fully saturated rings. The van der Waals surface area contributed by atoms with Crippen molar-refractivity contribution in [2.24, 2.45) is 0 Å². The predicted octanol–water partition coefficient (Wildman–Crippen LogP) is 1.21. The monoisotopic (exact) mass is 421 g/mol. The third-order valence-corrected chi connectivity index (χ3v) is 3.95. The summed E-state index contributed by atoms with van der Waals surface area (Å²) in [5.74, 6) is -0.699. The van der Waals surface area contributed by atoms with Gasteiger partial charge in [-0.15, -0.1) is 0 Å². The van der Waals surface area contributed by atoms with Gasteiger partial charge >= 0.3 is 17.2 Å². The van der Waals surface area contributed by atoms with E-state index in [1.165, 1.54) is 33.5 Å². The number of hydrogen-bond acceptors (Lipinski definition) is 9. The van der Waals surface area contributed by atoms with Crippen molar-refractivity contribution >= 4 is 23.3 Å². The third kappa shape index (κ3) is 4.66. The van der Waals surface area contributed by atoms with Gasteiger partial charge in [-0.1, -0.05) is 0 Å². The van der Waals surface area contributed by atoms with Crippen LogP contribution in [0.25, 0.3) is 0 Å². The van der Waals surface area contributed by atoms with E-state index in [-0.39, 0.29) is 22.7 Å². The lowest BCUT2D eigenvalue weighted by molar-refractivity contribution is -0.386. The maximum absolute atomic E-state index is 12.4. The van der Waals surface area contributed by atoms with Crippen molar-refractivity contribution in [2.75, 3.05) is 33.8 Å². The van der Waals surface area contributed by atoms with Gasteiger partial charge in [0.25, 0.3) is 0 Å². The lowest BCUT2D eigenvalue weighted by Gasteiger charge is -2.15. The number of nitrogens with one attached hydrogen (secondary N) is 1. The van der Waals surface area contributed by atoms with Gasteiger partial charge in [0.05, 0.1) is 38.9 Å². The van der Waals surface area contributed by atoms with Crippen LogP contribution in [0.2, 0.25) is 0 Å². The molecule has 2 rings (SSSR count). The Bertz CT molecular complexity index is 1020. The van der Waals surface area contributed by atoms with Gasteiger partial charge in [0, 0.05) is 30.1 Å². The van der Waals surface area contributed by atoms with E-state index < -0.39 is 34.6 Å². The summed E-state index contributed by atoms with van der Waals surface area (Å²) >= 11 is 0. The van der Waals surface area contributed by atoms with Crippen molar-refractivity contribution in [1.82, 2.24) is 4.57 Å². The number of pyridine rings is 1. The number of benzene rings is 1. The third-order valence-electron chi connectivity index (χ3n) is 3.95. The molecule has 0 aliphatic carbocycles. The number of carbonyl (C=O) groups is 2. The van der Waals surface area contributed by atoms with Crippen molar-refractivity contribution in [1.29, 1.82) is 0 Å². The Morgan fingerprint density at radius 2 is 1.67 bits per heavy atom. The molecule has 160 valence electrons. The molecule has 1 heterocycles. The quantitative estimate of drug-likeness (QED) is 0.377. The molecule has 12 heteroatoms. The minimum absolute atomic E-state index is 0.246. The van der Waals surface area contributed by atoms with Crippen LogP contribution in [0.15, 0.2) is 29.2 Å². The van der Waals surface area contributed by atoms with Crippen LogP contribution in [0.1, 0.15) is 10.4 Å². The number of anilines is 1. The lowest BCUT2D eigenvalue weighted by Crippen LogP contribution is -2.29. The molecule has 0 saturated carbocycles. The highest BCUT2D eigenvalue weighted by molar-refractivity contribution is 5.92. The van der Waals surface area contributed by atoms with E-state index in [0.717, 1.165) is 23.9 Å². The SMILES string of the molecule is COC(=O)c1cc([N+](=O)[O-])c(=O)n(CC(=O)Nc2cc(OC)c(OC)c(OC)c2)c1. The van der Waals surface area contributed by atoms with E-state index in [1.54, 1.807) is 0 Å². The molecule has 0 unspecified atom stereocenters. The molecule has 1 amide bonds. The maximum Gasteiger partial charge on any atom is 0.339 e. The van der Waals surface area contributed by atoms with Gasteiger partial charge in [-0.05, 0) is 0 Å². The first-order valence-electron chi connectivity index (χ1n) is 8.32. The number of ether oxygens (including phenoxy) is 4. The second-order valence-corrected chi connectivity index (χ2v) is 5.76. The number of aromatic nitrogens is 1. The maximum atomic E-state index is 12.4. The first-order chi connectivity index (χ1) is 14.2. The van der Waals surface area contributed by atoms with Crippen molar-refractivity contribution in [3.05, 3.63) is 50.4 Å². The standard InChI is InChI=1S/C18H19N3O9/c1-27-13-6-11(7-14(28-2)16(13)29-3)19-15(22)9-20-8-10(18(24)30-4)5-12(17(20)23)21(25)26/h5-8H,9H2,1-4H3,(H,19,22). The molecule has 1 aromatic carbocycles. The second-order valence-electron chi connectivity index (χ2n) is 5.76. The second kappa shape index (κ2) is 9.41. The molecule has 1 aromatic heterocycles. The summed E-state index contributed by atoms with van der Waals surface area (Å²) in [6.07, 6.45) is 1.01. The number of nitro groups is 1. The summed E-state index contributed by atoms with van der Waals surface area (Å²) in [7, 11) is 5.31. The van der Waals surface area contributed by atoms with Crippen LogP contribution in [0.4, 0.5) is 11.4 Å². The fraction of sp³-hybridized carbons (Fsp3) is 0.278. The van der Waals surface area contributed by atoms with Gasteiger partial charge < -0.3 is 24.3 Å². The Labute approximate surface area is 170 Å². The van der Waals surface area contributed by atoms with Crippen molar-refractivity contribution in [3.63, 3.8) is 0 Å². The van der Waals surface area contributed by atoms with Gasteiger partial charge in [0.2, 0.25) is 11.7 Å². The van der Waals surface area contributed by atoms with Gasteiger partial charge in [-0.2, -0.15) is 0 Å². The van der Waals surface area contributed by atoms with Crippen LogP contribution in [0.5, 0.6) is 17.2 Å². The Morgan fingerprint density at radius 3 is 2.13 bits per heavy atom. The number of amides is 1. The number of methoxy groups -OCH3 is 4. The fourth-order valence-corrected chi connectivity index (χ4v) is 2.61. The molecule has 12 nitrogen and oxygen atoms in total. The zero-order chi connectivity index (χ0) is 22.4. The van der Waals surface area contributed by atoms with Crippen LogP contribution in [0, 0.1) is 10.1 Å². The summed E-state index contributed by atoms with van der Waals surface area (Å²) in [5.41, 5.74) is -1.89. The largest absolute Gasteiger partial charge is 0.493 e. The highest BCUT2D eigenvalue weighted by Gasteiger charge is 2.22. The Hall–Kier alpha value is -4.09. The molecule has 0 radical (unpaired) electrons. The van der Waals surface area contributed by atoms with Gasteiger partial charge in [-0.25, -0.2) is 4.79 Å². The van der Waals surface area contributed by atoms with Crippen LogP contribution in [0.3, 0.4) is 0 Å². The Morgan fingerprint density at radius 1 is 1.07 bits per heavy atom. The van der Waals surface area contributed by atoms with Crippen LogP contribution in [-0.2, 0) is 16.1 Å². The summed E-state index contributed by atoms with van der Waals surface area (Å²) in [6, 6.07) is 3.73. The number of nitrogens with zero attached hydrogens (tertiary/aromatic N) is 2. The van der Waals surface area contributed by atoms with Gasteiger partial charge in [-0.3, -0.25) is 24.3 Å². The average Bonchev–Trinajstić information content (AvgIpc) is 2.73. The topological polar surface area (TPSA) is 148 Å². The van der Waals surface area contributed by atoms with Gasteiger partial charge in [0.1, 0.15) is 6.54 Å². The first-order valence-corrected chi connectivity index (χ1v) is 8.32. The van der Waals surface area contributed by atoms with Crippen LogP contribution in [-0.4, -0.2) is 49.8 Å². The average molecular weight is 421 g/mol. The van der Waals surface area contributed by atoms with Crippen LogP contribution >= 0.6 is 0 Å². The minimum Gasteiger partial charge on any atom is -0.493 e.